The fraction of sp³-hybridized carbons (Fsp3) is 0.588. The molecular weight excluding hydrogens is 262 g/mol. The molecule has 1 heterocycles. The summed E-state index contributed by atoms with van der Waals surface area (Å²) in [7, 11) is 0. The van der Waals surface area contributed by atoms with Crippen molar-refractivity contribution in [2.75, 3.05) is 18.4 Å². The van der Waals surface area contributed by atoms with Crippen LogP contribution in [0.15, 0.2) is 24.3 Å². The molecule has 0 aliphatic carbocycles. The highest BCUT2D eigenvalue weighted by atomic mass is 16.2. The number of nitrogens with zero attached hydrogens (tertiary/aromatic N) is 1. The second-order valence-corrected chi connectivity index (χ2v) is 5.83. The van der Waals surface area contributed by atoms with Gasteiger partial charge < -0.3 is 11.1 Å². The number of benzene rings is 1. The lowest BCUT2D eigenvalue weighted by molar-refractivity contribution is -0.117. The lowest BCUT2D eigenvalue weighted by atomic mass is 10.1. The molecule has 0 saturated carbocycles. The smallest absolute Gasteiger partial charge is 0.238 e. The van der Waals surface area contributed by atoms with Gasteiger partial charge >= 0.3 is 0 Å². The Kier molecular flexibility index (Phi) is 6.21. The van der Waals surface area contributed by atoms with Gasteiger partial charge in [-0.1, -0.05) is 31.9 Å². The highest BCUT2D eigenvalue weighted by Gasteiger charge is 2.21. The number of carbonyl (C=O) groups excluding carboxylic acids is 1. The summed E-state index contributed by atoms with van der Waals surface area (Å²) in [5, 5.41) is 2.98. The predicted octanol–water partition coefficient (Wildman–Crippen LogP) is 2.74. The van der Waals surface area contributed by atoms with Crippen molar-refractivity contribution in [3.05, 3.63) is 29.8 Å². The van der Waals surface area contributed by atoms with Crippen molar-refractivity contribution in [3.8, 4) is 0 Å². The quantitative estimate of drug-likeness (QED) is 0.876. The van der Waals surface area contributed by atoms with Crippen molar-refractivity contribution in [3.63, 3.8) is 0 Å². The average Bonchev–Trinajstić information content (AvgIpc) is 2.73. The molecule has 1 aliphatic rings. The number of nitrogens with one attached hydrogen (secondary N) is 1. The van der Waals surface area contributed by atoms with Crippen LogP contribution in [0.4, 0.5) is 5.69 Å². The second-order valence-electron chi connectivity index (χ2n) is 5.83. The molecule has 0 bridgehead atoms. The van der Waals surface area contributed by atoms with Crippen molar-refractivity contribution in [1.82, 2.24) is 4.90 Å². The Bertz CT molecular complexity index is 444. The van der Waals surface area contributed by atoms with E-state index in [1.807, 2.05) is 24.3 Å². The van der Waals surface area contributed by atoms with Gasteiger partial charge in [-0.3, -0.25) is 9.69 Å². The molecule has 3 N–H and O–H groups in total. The number of carbonyl (C=O) groups is 1. The maximum atomic E-state index is 12.2. The Morgan fingerprint density at radius 1 is 1.29 bits per heavy atom. The van der Waals surface area contributed by atoms with Crippen LogP contribution in [0.3, 0.4) is 0 Å². The van der Waals surface area contributed by atoms with Gasteiger partial charge in [0.05, 0.1) is 6.54 Å². The summed E-state index contributed by atoms with van der Waals surface area (Å²) in [6.07, 6.45) is 6.12. The second kappa shape index (κ2) is 8.15. The number of hydrogen-bond acceptors (Lipinski definition) is 3. The van der Waals surface area contributed by atoms with Crippen LogP contribution in [-0.2, 0) is 11.3 Å². The maximum absolute atomic E-state index is 12.2. The van der Waals surface area contributed by atoms with Gasteiger partial charge in [-0.25, -0.2) is 0 Å². The first kappa shape index (κ1) is 16.0. The van der Waals surface area contributed by atoms with Crippen molar-refractivity contribution >= 4 is 11.6 Å². The minimum absolute atomic E-state index is 0.0795. The lowest BCUT2D eigenvalue weighted by Crippen LogP contribution is -2.40. The van der Waals surface area contributed by atoms with E-state index in [9.17, 15) is 4.79 Å². The number of nitrogens with two attached hydrogens (primary N) is 1. The van der Waals surface area contributed by atoms with Gasteiger partial charge in [0, 0.05) is 18.3 Å². The number of hydrogen-bond donors (Lipinski definition) is 2. The zero-order valence-electron chi connectivity index (χ0n) is 13.0. The SMILES string of the molecule is CCC1CCCCCN1CC(=O)Nc1ccc(CN)cc1. The van der Waals surface area contributed by atoms with Gasteiger partial charge in [-0.05, 0) is 43.5 Å². The Balaban J connectivity index is 1.89. The van der Waals surface area contributed by atoms with Crippen molar-refractivity contribution in [2.24, 2.45) is 5.73 Å². The van der Waals surface area contributed by atoms with Gasteiger partial charge in [0.25, 0.3) is 0 Å². The predicted molar refractivity (Wildman–Crippen MR) is 87.1 cm³/mol. The molecule has 1 aromatic carbocycles. The Morgan fingerprint density at radius 3 is 2.71 bits per heavy atom. The molecule has 1 atom stereocenters. The number of anilines is 1. The maximum Gasteiger partial charge on any atom is 0.238 e. The van der Waals surface area contributed by atoms with Crippen LogP contribution < -0.4 is 11.1 Å². The summed E-state index contributed by atoms with van der Waals surface area (Å²) < 4.78 is 0. The summed E-state index contributed by atoms with van der Waals surface area (Å²) in [5.41, 5.74) is 7.50. The fourth-order valence-corrected chi connectivity index (χ4v) is 3.02. The van der Waals surface area contributed by atoms with Crippen LogP contribution in [-0.4, -0.2) is 29.9 Å². The third kappa shape index (κ3) is 4.83. The van der Waals surface area contributed by atoms with Crippen molar-refractivity contribution in [1.29, 1.82) is 0 Å². The van der Waals surface area contributed by atoms with Crippen LogP contribution in [0.1, 0.15) is 44.6 Å². The molecule has 1 amide bonds. The van der Waals surface area contributed by atoms with Gasteiger partial charge in [-0.2, -0.15) is 0 Å². The van der Waals surface area contributed by atoms with E-state index in [1.165, 1.54) is 25.7 Å². The molecule has 1 aliphatic heterocycles. The number of likely N-dealkylation sites (tertiary alicyclic amines) is 1. The molecule has 0 spiro atoms. The Morgan fingerprint density at radius 2 is 2.05 bits per heavy atom. The summed E-state index contributed by atoms with van der Waals surface area (Å²) in [4.78, 5) is 14.6. The zero-order valence-corrected chi connectivity index (χ0v) is 13.0. The molecule has 4 nitrogen and oxygen atoms in total. The summed E-state index contributed by atoms with van der Waals surface area (Å²) in [6.45, 7) is 4.28. The number of amides is 1. The summed E-state index contributed by atoms with van der Waals surface area (Å²) >= 11 is 0. The molecule has 21 heavy (non-hydrogen) atoms. The van der Waals surface area contributed by atoms with Crippen LogP contribution in [0.25, 0.3) is 0 Å². The number of rotatable bonds is 5. The molecule has 1 fully saturated rings. The van der Waals surface area contributed by atoms with Crippen LogP contribution in [0, 0.1) is 0 Å². The molecule has 0 aromatic heterocycles. The van der Waals surface area contributed by atoms with E-state index in [1.54, 1.807) is 0 Å². The van der Waals surface area contributed by atoms with E-state index in [4.69, 9.17) is 5.73 Å². The highest BCUT2D eigenvalue weighted by molar-refractivity contribution is 5.92. The molecule has 1 unspecified atom stereocenters. The molecule has 1 aromatic rings. The normalized spacial score (nSPS) is 20.0. The lowest BCUT2D eigenvalue weighted by Gasteiger charge is -2.28. The topological polar surface area (TPSA) is 58.4 Å². The van der Waals surface area contributed by atoms with Crippen LogP contribution in [0.2, 0.25) is 0 Å². The minimum atomic E-state index is 0.0795. The molecule has 4 heteroatoms. The van der Waals surface area contributed by atoms with E-state index >= 15 is 0 Å². The van der Waals surface area contributed by atoms with Crippen molar-refractivity contribution in [2.45, 2.75) is 51.6 Å². The minimum Gasteiger partial charge on any atom is -0.326 e. The molecular formula is C17H27N3O. The van der Waals surface area contributed by atoms with Crippen molar-refractivity contribution < 1.29 is 4.79 Å². The first-order chi connectivity index (χ1) is 10.2. The molecule has 0 radical (unpaired) electrons. The van der Waals surface area contributed by atoms with Crippen LogP contribution >= 0.6 is 0 Å². The Labute approximate surface area is 127 Å². The Hall–Kier alpha value is -1.39. The standard InChI is InChI=1S/C17H27N3O/c1-2-16-6-4-3-5-11-20(16)13-17(21)19-15-9-7-14(12-18)8-10-15/h7-10,16H,2-6,11-13,18H2,1H3,(H,19,21). The molecule has 116 valence electrons. The largest absolute Gasteiger partial charge is 0.326 e. The van der Waals surface area contributed by atoms with Gasteiger partial charge in [0.2, 0.25) is 5.91 Å². The van der Waals surface area contributed by atoms with Gasteiger partial charge in [0.1, 0.15) is 0 Å². The first-order valence-electron chi connectivity index (χ1n) is 8.06. The van der Waals surface area contributed by atoms with Crippen LogP contribution in [0.5, 0.6) is 0 Å². The molecule has 2 rings (SSSR count). The van der Waals surface area contributed by atoms with E-state index in [-0.39, 0.29) is 5.91 Å². The van der Waals surface area contributed by atoms with Gasteiger partial charge in [-0.15, -0.1) is 0 Å². The van der Waals surface area contributed by atoms with E-state index in [0.717, 1.165) is 24.2 Å². The molecule has 1 saturated heterocycles. The monoisotopic (exact) mass is 289 g/mol. The fourth-order valence-electron chi connectivity index (χ4n) is 3.02. The zero-order chi connectivity index (χ0) is 15.1. The summed E-state index contributed by atoms with van der Waals surface area (Å²) in [6, 6.07) is 8.30. The van der Waals surface area contributed by atoms with E-state index in [0.29, 0.717) is 19.1 Å². The third-order valence-corrected chi connectivity index (χ3v) is 4.29. The van der Waals surface area contributed by atoms with Gasteiger partial charge in [0.15, 0.2) is 0 Å². The summed E-state index contributed by atoms with van der Waals surface area (Å²) in [5.74, 6) is 0.0795. The average molecular weight is 289 g/mol. The first-order valence-corrected chi connectivity index (χ1v) is 8.06. The third-order valence-electron chi connectivity index (χ3n) is 4.29. The van der Waals surface area contributed by atoms with E-state index < -0.39 is 0 Å². The highest BCUT2D eigenvalue weighted by Crippen LogP contribution is 2.19. The van der Waals surface area contributed by atoms with E-state index in [2.05, 4.69) is 17.1 Å².